The summed E-state index contributed by atoms with van der Waals surface area (Å²) in [5.41, 5.74) is 1.12. The fraction of sp³-hybridized carbons (Fsp3) is 0.0455. The summed E-state index contributed by atoms with van der Waals surface area (Å²) in [6.07, 6.45) is 0. The number of carbonyl (C=O) groups is 1. The number of para-hydroxylation sites is 1. The highest BCUT2D eigenvalue weighted by molar-refractivity contribution is 6.11. The van der Waals surface area contributed by atoms with Crippen LogP contribution in [0.5, 0.6) is 0 Å². The van der Waals surface area contributed by atoms with E-state index in [-0.39, 0.29) is 16.9 Å². The molecule has 6 heteroatoms. The SMILES string of the molecule is Cc1ccc(F)c(NC(=O)c2nn(-c3ccccc3)c(=O)c3ccccc23)c1. The lowest BCUT2D eigenvalue weighted by molar-refractivity contribution is 0.102. The van der Waals surface area contributed by atoms with Gasteiger partial charge in [-0.25, -0.2) is 4.39 Å². The summed E-state index contributed by atoms with van der Waals surface area (Å²) in [7, 11) is 0. The molecule has 28 heavy (non-hydrogen) atoms. The zero-order valence-electron chi connectivity index (χ0n) is 15.0. The molecule has 0 unspecified atom stereocenters. The minimum Gasteiger partial charge on any atom is -0.318 e. The van der Waals surface area contributed by atoms with E-state index in [2.05, 4.69) is 10.4 Å². The molecule has 4 rings (SSSR count). The topological polar surface area (TPSA) is 64.0 Å². The van der Waals surface area contributed by atoms with Crippen molar-refractivity contribution in [3.05, 3.63) is 100 Å². The van der Waals surface area contributed by atoms with Gasteiger partial charge in [0.2, 0.25) is 0 Å². The van der Waals surface area contributed by atoms with E-state index in [1.807, 2.05) is 6.07 Å². The number of aryl methyl sites for hydroxylation is 1. The van der Waals surface area contributed by atoms with Gasteiger partial charge in [-0.3, -0.25) is 9.59 Å². The molecule has 0 spiro atoms. The van der Waals surface area contributed by atoms with E-state index in [0.717, 1.165) is 5.56 Å². The average Bonchev–Trinajstić information content (AvgIpc) is 2.72. The molecule has 1 amide bonds. The van der Waals surface area contributed by atoms with E-state index < -0.39 is 11.7 Å². The predicted octanol–water partition coefficient (Wildman–Crippen LogP) is 4.09. The van der Waals surface area contributed by atoms with Crippen LogP contribution >= 0.6 is 0 Å². The molecule has 0 aliphatic heterocycles. The van der Waals surface area contributed by atoms with Crippen molar-refractivity contribution in [3.63, 3.8) is 0 Å². The monoisotopic (exact) mass is 373 g/mol. The Kier molecular flexibility index (Phi) is 4.45. The molecule has 3 aromatic carbocycles. The Bertz CT molecular complexity index is 1250. The van der Waals surface area contributed by atoms with Gasteiger partial charge in [0.15, 0.2) is 5.69 Å². The molecular formula is C22H16FN3O2. The summed E-state index contributed by atoms with van der Waals surface area (Å²) < 4.78 is 15.3. The number of carbonyl (C=O) groups excluding carboxylic acids is 1. The van der Waals surface area contributed by atoms with Crippen molar-refractivity contribution >= 4 is 22.4 Å². The van der Waals surface area contributed by atoms with Crippen LogP contribution in [-0.2, 0) is 0 Å². The number of aromatic nitrogens is 2. The van der Waals surface area contributed by atoms with Crippen molar-refractivity contribution in [2.24, 2.45) is 0 Å². The van der Waals surface area contributed by atoms with Gasteiger partial charge in [0, 0.05) is 5.39 Å². The summed E-state index contributed by atoms with van der Waals surface area (Å²) >= 11 is 0. The Balaban J connectivity index is 1.88. The van der Waals surface area contributed by atoms with Gasteiger partial charge in [0.05, 0.1) is 16.8 Å². The molecule has 1 N–H and O–H groups in total. The van der Waals surface area contributed by atoms with Crippen molar-refractivity contribution in [3.8, 4) is 5.69 Å². The van der Waals surface area contributed by atoms with Gasteiger partial charge in [-0.15, -0.1) is 0 Å². The van der Waals surface area contributed by atoms with Gasteiger partial charge in [0.25, 0.3) is 11.5 Å². The summed E-state index contributed by atoms with van der Waals surface area (Å²) in [6.45, 7) is 1.80. The number of amides is 1. The van der Waals surface area contributed by atoms with Crippen LogP contribution in [0.15, 0.2) is 77.6 Å². The molecule has 0 atom stereocenters. The molecule has 138 valence electrons. The maximum atomic E-state index is 14.1. The molecule has 1 heterocycles. The van der Waals surface area contributed by atoms with Crippen LogP contribution in [0.3, 0.4) is 0 Å². The van der Waals surface area contributed by atoms with E-state index in [1.54, 1.807) is 67.6 Å². The third-order valence-electron chi connectivity index (χ3n) is 4.39. The number of hydrogen-bond acceptors (Lipinski definition) is 3. The average molecular weight is 373 g/mol. The standard InChI is InChI=1S/C22H16FN3O2/c1-14-11-12-18(23)19(13-14)24-21(27)20-16-9-5-6-10-17(16)22(28)26(25-20)15-7-3-2-4-8-15/h2-13H,1H3,(H,24,27). The number of nitrogens with one attached hydrogen (secondary N) is 1. The number of benzene rings is 3. The molecule has 0 saturated carbocycles. The van der Waals surface area contributed by atoms with Crippen LogP contribution in [0.4, 0.5) is 10.1 Å². The van der Waals surface area contributed by atoms with Crippen LogP contribution in [0.2, 0.25) is 0 Å². The Morgan fingerprint density at radius 3 is 2.39 bits per heavy atom. The zero-order chi connectivity index (χ0) is 19.7. The summed E-state index contributed by atoms with van der Waals surface area (Å²) in [6, 6.07) is 20.0. The molecule has 0 saturated heterocycles. The number of anilines is 1. The first-order valence-corrected chi connectivity index (χ1v) is 8.69. The first-order chi connectivity index (χ1) is 13.5. The maximum absolute atomic E-state index is 14.1. The molecule has 0 radical (unpaired) electrons. The summed E-state index contributed by atoms with van der Waals surface area (Å²) in [5.74, 6) is -1.13. The highest BCUT2D eigenvalue weighted by Crippen LogP contribution is 2.19. The minimum atomic E-state index is -0.592. The lowest BCUT2D eigenvalue weighted by Crippen LogP contribution is -2.26. The largest absolute Gasteiger partial charge is 0.318 e. The maximum Gasteiger partial charge on any atom is 0.279 e. The summed E-state index contributed by atoms with van der Waals surface area (Å²) in [4.78, 5) is 25.8. The molecule has 0 bridgehead atoms. The Labute approximate surface area is 160 Å². The van der Waals surface area contributed by atoms with Gasteiger partial charge in [-0.1, -0.05) is 42.5 Å². The van der Waals surface area contributed by atoms with Crippen molar-refractivity contribution in [2.45, 2.75) is 6.92 Å². The number of nitrogens with zero attached hydrogens (tertiary/aromatic N) is 2. The third-order valence-corrected chi connectivity index (χ3v) is 4.39. The Morgan fingerprint density at radius 1 is 0.964 bits per heavy atom. The first kappa shape index (κ1) is 17.6. The van der Waals surface area contributed by atoms with Gasteiger partial charge < -0.3 is 5.32 Å². The number of fused-ring (bicyclic) bond motifs is 1. The zero-order valence-corrected chi connectivity index (χ0v) is 15.0. The fourth-order valence-corrected chi connectivity index (χ4v) is 3.02. The molecule has 0 fully saturated rings. The van der Waals surface area contributed by atoms with Crippen LogP contribution in [0, 0.1) is 12.7 Å². The normalized spacial score (nSPS) is 10.8. The van der Waals surface area contributed by atoms with Crippen LogP contribution in [0.1, 0.15) is 16.1 Å². The second-order valence-corrected chi connectivity index (χ2v) is 6.38. The van der Waals surface area contributed by atoms with E-state index in [0.29, 0.717) is 16.5 Å². The highest BCUT2D eigenvalue weighted by Gasteiger charge is 2.18. The molecular weight excluding hydrogens is 357 g/mol. The van der Waals surface area contributed by atoms with E-state index in [4.69, 9.17) is 0 Å². The molecule has 0 aliphatic carbocycles. The van der Waals surface area contributed by atoms with Crippen molar-refractivity contribution in [1.82, 2.24) is 9.78 Å². The van der Waals surface area contributed by atoms with Crippen LogP contribution in [0.25, 0.3) is 16.5 Å². The fourth-order valence-electron chi connectivity index (χ4n) is 3.02. The predicted molar refractivity (Wildman–Crippen MR) is 106 cm³/mol. The van der Waals surface area contributed by atoms with Crippen LogP contribution in [-0.4, -0.2) is 15.7 Å². The van der Waals surface area contributed by atoms with E-state index in [9.17, 15) is 14.0 Å². The van der Waals surface area contributed by atoms with Gasteiger partial charge in [0.1, 0.15) is 5.82 Å². The second kappa shape index (κ2) is 7.08. The van der Waals surface area contributed by atoms with E-state index >= 15 is 0 Å². The summed E-state index contributed by atoms with van der Waals surface area (Å²) in [5, 5.41) is 7.62. The van der Waals surface area contributed by atoms with Crippen molar-refractivity contribution < 1.29 is 9.18 Å². The molecule has 5 nitrogen and oxygen atoms in total. The lowest BCUT2D eigenvalue weighted by Gasteiger charge is -2.12. The van der Waals surface area contributed by atoms with Crippen molar-refractivity contribution in [1.29, 1.82) is 0 Å². The Morgan fingerprint density at radius 2 is 1.64 bits per heavy atom. The molecule has 4 aromatic rings. The van der Waals surface area contributed by atoms with Gasteiger partial charge >= 0.3 is 0 Å². The van der Waals surface area contributed by atoms with Gasteiger partial charge in [-0.2, -0.15) is 9.78 Å². The minimum absolute atomic E-state index is 0.0416. The van der Waals surface area contributed by atoms with E-state index in [1.165, 1.54) is 10.7 Å². The molecule has 1 aromatic heterocycles. The lowest BCUT2D eigenvalue weighted by atomic mass is 10.1. The van der Waals surface area contributed by atoms with Crippen molar-refractivity contribution in [2.75, 3.05) is 5.32 Å². The van der Waals surface area contributed by atoms with Crippen LogP contribution < -0.4 is 10.9 Å². The second-order valence-electron chi connectivity index (χ2n) is 6.38. The number of rotatable bonds is 3. The quantitative estimate of drug-likeness (QED) is 0.588. The smallest absolute Gasteiger partial charge is 0.279 e. The third kappa shape index (κ3) is 3.16. The highest BCUT2D eigenvalue weighted by atomic mass is 19.1. The Hall–Kier alpha value is -3.80. The first-order valence-electron chi connectivity index (χ1n) is 8.69. The molecule has 0 aliphatic rings. The number of halogens is 1. The number of hydrogen-bond donors (Lipinski definition) is 1. The van der Waals surface area contributed by atoms with Gasteiger partial charge in [-0.05, 0) is 42.8 Å².